The third-order valence-corrected chi connectivity index (χ3v) is 2.22. The van der Waals surface area contributed by atoms with E-state index < -0.39 is 0 Å². The second-order valence-electron chi connectivity index (χ2n) is 3.74. The van der Waals surface area contributed by atoms with Crippen molar-refractivity contribution >= 4 is 5.97 Å². The molecule has 2 nitrogen and oxygen atoms in total. The summed E-state index contributed by atoms with van der Waals surface area (Å²) in [5.74, 6) is 6.27. The van der Waals surface area contributed by atoms with E-state index in [1.807, 2.05) is 42.5 Å². The highest BCUT2D eigenvalue weighted by atomic mass is 16.5. The fraction of sp³-hybridized carbons (Fsp3) is 0.0625. The molecule has 0 bridgehead atoms. The number of rotatable bonds is 1. The second-order valence-corrected chi connectivity index (χ2v) is 3.74. The van der Waals surface area contributed by atoms with Crippen molar-refractivity contribution in [3.05, 3.63) is 65.7 Å². The molecule has 0 N–H and O–H groups in total. The molecule has 0 unspecified atom stereocenters. The first kappa shape index (κ1) is 11.9. The van der Waals surface area contributed by atoms with Crippen LogP contribution in [-0.2, 0) is 4.79 Å². The molecule has 0 saturated carbocycles. The van der Waals surface area contributed by atoms with Crippen molar-refractivity contribution in [2.45, 2.75) is 6.92 Å². The predicted octanol–water partition coefficient (Wildman–Crippen LogP) is 3.01. The van der Waals surface area contributed by atoms with Crippen LogP contribution < -0.4 is 4.74 Å². The van der Waals surface area contributed by atoms with Crippen LogP contribution in [0.2, 0.25) is 0 Å². The first-order valence-electron chi connectivity index (χ1n) is 5.59. The number of benzene rings is 2. The van der Waals surface area contributed by atoms with Gasteiger partial charge in [-0.05, 0) is 30.3 Å². The zero-order valence-corrected chi connectivity index (χ0v) is 10.0. The van der Waals surface area contributed by atoms with Gasteiger partial charge < -0.3 is 4.74 Å². The van der Waals surface area contributed by atoms with Gasteiger partial charge in [0.25, 0.3) is 0 Å². The molecule has 0 amide bonds. The number of esters is 1. The maximum atomic E-state index is 10.8. The van der Waals surface area contributed by atoms with Gasteiger partial charge in [0.1, 0.15) is 5.75 Å². The molecule has 0 aliphatic heterocycles. The highest BCUT2D eigenvalue weighted by Crippen LogP contribution is 2.12. The molecule has 2 aromatic carbocycles. The Kier molecular flexibility index (Phi) is 3.78. The lowest BCUT2D eigenvalue weighted by Gasteiger charge is -2.00. The molecule has 0 atom stereocenters. The van der Waals surface area contributed by atoms with Crippen LogP contribution in [0, 0.1) is 11.8 Å². The topological polar surface area (TPSA) is 26.3 Å². The third kappa shape index (κ3) is 3.50. The van der Waals surface area contributed by atoms with Gasteiger partial charge >= 0.3 is 5.97 Å². The fourth-order valence-electron chi connectivity index (χ4n) is 1.47. The Labute approximate surface area is 106 Å². The summed E-state index contributed by atoms with van der Waals surface area (Å²) in [7, 11) is 0. The van der Waals surface area contributed by atoms with Crippen LogP contribution >= 0.6 is 0 Å². The Balaban J connectivity index is 2.20. The largest absolute Gasteiger partial charge is 0.427 e. The Morgan fingerprint density at radius 1 is 0.944 bits per heavy atom. The normalized spacial score (nSPS) is 9.17. The molecule has 0 spiro atoms. The number of hydrogen-bond acceptors (Lipinski definition) is 2. The molecule has 2 heteroatoms. The van der Waals surface area contributed by atoms with E-state index in [-0.39, 0.29) is 5.97 Å². The Morgan fingerprint density at radius 2 is 1.61 bits per heavy atom. The van der Waals surface area contributed by atoms with Crippen LogP contribution in [0.25, 0.3) is 0 Å². The summed E-state index contributed by atoms with van der Waals surface area (Å²) in [5.41, 5.74) is 1.77. The van der Waals surface area contributed by atoms with Crippen LogP contribution in [0.1, 0.15) is 18.1 Å². The molecule has 2 rings (SSSR count). The number of carbonyl (C=O) groups excluding carboxylic acids is 1. The Hall–Kier alpha value is -2.53. The number of hydrogen-bond donors (Lipinski definition) is 0. The van der Waals surface area contributed by atoms with E-state index in [9.17, 15) is 4.79 Å². The zero-order chi connectivity index (χ0) is 12.8. The maximum Gasteiger partial charge on any atom is 0.308 e. The standard InChI is InChI=1S/C16H12O2/c1-13(17)18-16-9-5-8-15(12-16)11-10-14-6-3-2-4-7-14/h2-9,12H,1H3. The molecule has 2 aromatic rings. The maximum absolute atomic E-state index is 10.8. The molecule has 0 aliphatic carbocycles. The van der Waals surface area contributed by atoms with Gasteiger partial charge in [0.15, 0.2) is 0 Å². The smallest absolute Gasteiger partial charge is 0.308 e. The first-order chi connectivity index (χ1) is 8.74. The van der Waals surface area contributed by atoms with E-state index >= 15 is 0 Å². The van der Waals surface area contributed by atoms with Crippen molar-refractivity contribution in [2.24, 2.45) is 0 Å². The lowest BCUT2D eigenvalue weighted by atomic mass is 10.2. The van der Waals surface area contributed by atoms with Crippen molar-refractivity contribution in [2.75, 3.05) is 0 Å². The van der Waals surface area contributed by atoms with Gasteiger partial charge in [0.2, 0.25) is 0 Å². The van der Waals surface area contributed by atoms with E-state index in [1.165, 1.54) is 6.92 Å². The van der Waals surface area contributed by atoms with Crippen LogP contribution in [0.4, 0.5) is 0 Å². The summed E-state index contributed by atoms with van der Waals surface area (Å²) in [6.07, 6.45) is 0. The molecule has 0 aromatic heterocycles. The minimum absolute atomic E-state index is 0.330. The predicted molar refractivity (Wildman–Crippen MR) is 70.2 cm³/mol. The zero-order valence-electron chi connectivity index (χ0n) is 10.0. The number of carbonyl (C=O) groups is 1. The summed E-state index contributed by atoms with van der Waals surface area (Å²) >= 11 is 0. The molecule has 0 fully saturated rings. The summed E-state index contributed by atoms with van der Waals surface area (Å²) in [5, 5.41) is 0. The van der Waals surface area contributed by atoms with Crippen molar-refractivity contribution in [3.63, 3.8) is 0 Å². The van der Waals surface area contributed by atoms with E-state index in [2.05, 4.69) is 11.8 Å². The summed E-state index contributed by atoms with van der Waals surface area (Å²) in [6.45, 7) is 1.38. The van der Waals surface area contributed by atoms with Gasteiger partial charge in [-0.2, -0.15) is 0 Å². The molecule has 0 heterocycles. The van der Waals surface area contributed by atoms with Gasteiger partial charge in [-0.3, -0.25) is 4.79 Å². The quantitative estimate of drug-likeness (QED) is 0.432. The Bertz CT molecular complexity index is 604. The highest BCUT2D eigenvalue weighted by molar-refractivity contribution is 5.69. The monoisotopic (exact) mass is 236 g/mol. The van der Waals surface area contributed by atoms with Crippen LogP contribution in [0.3, 0.4) is 0 Å². The van der Waals surface area contributed by atoms with Crippen LogP contribution in [0.5, 0.6) is 5.75 Å². The molecule has 88 valence electrons. The first-order valence-corrected chi connectivity index (χ1v) is 5.59. The third-order valence-electron chi connectivity index (χ3n) is 2.22. The minimum Gasteiger partial charge on any atom is -0.427 e. The van der Waals surface area contributed by atoms with E-state index in [0.29, 0.717) is 5.75 Å². The average molecular weight is 236 g/mol. The molecular formula is C16H12O2. The van der Waals surface area contributed by atoms with Gasteiger partial charge in [-0.1, -0.05) is 36.1 Å². The SMILES string of the molecule is CC(=O)Oc1cccc(C#Cc2ccccc2)c1. The Morgan fingerprint density at radius 3 is 2.33 bits per heavy atom. The molecule has 18 heavy (non-hydrogen) atoms. The van der Waals surface area contributed by atoms with Crippen molar-refractivity contribution in [1.29, 1.82) is 0 Å². The summed E-state index contributed by atoms with van der Waals surface area (Å²) in [6, 6.07) is 16.9. The minimum atomic E-state index is -0.330. The van der Waals surface area contributed by atoms with E-state index in [1.54, 1.807) is 12.1 Å². The van der Waals surface area contributed by atoms with E-state index in [0.717, 1.165) is 11.1 Å². The van der Waals surface area contributed by atoms with Crippen LogP contribution in [0.15, 0.2) is 54.6 Å². The van der Waals surface area contributed by atoms with Crippen LogP contribution in [-0.4, -0.2) is 5.97 Å². The van der Waals surface area contributed by atoms with E-state index in [4.69, 9.17) is 4.74 Å². The summed E-state index contributed by atoms with van der Waals surface area (Å²) < 4.78 is 5.00. The molecule has 0 radical (unpaired) electrons. The fourth-order valence-corrected chi connectivity index (χ4v) is 1.47. The van der Waals surface area contributed by atoms with Gasteiger partial charge in [0, 0.05) is 18.1 Å². The van der Waals surface area contributed by atoms with Crippen molar-refractivity contribution in [1.82, 2.24) is 0 Å². The summed E-state index contributed by atoms with van der Waals surface area (Å²) in [4.78, 5) is 10.8. The van der Waals surface area contributed by atoms with Crippen molar-refractivity contribution < 1.29 is 9.53 Å². The van der Waals surface area contributed by atoms with Gasteiger partial charge in [-0.25, -0.2) is 0 Å². The molecular weight excluding hydrogens is 224 g/mol. The lowest BCUT2D eigenvalue weighted by Crippen LogP contribution is -2.01. The number of ether oxygens (including phenoxy) is 1. The van der Waals surface area contributed by atoms with Gasteiger partial charge in [0.05, 0.1) is 0 Å². The highest BCUT2D eigenvalue weighted by Gasteiger charge is 1.97. The second kappa shape index (κ2) is 5.70. The molecule has 0 aliphatic rings. The molecule has 0 saturated heterocycles. The lowest BCUT2D eigenvalue weighted by molar-refractivity contribution is -0.131. The average Bonchev–Trinajstić information content (AvgIpc) is 2.37. The van der Waals surface area contributed by atoms with Crippen molar-refractivity contribution in [3.8, 4) is 17.6 Å². The van der Waals surface area contributed by atoms with Gasteiger partial charge in [-0.15, -0.1) is 0 Å².